The molecular formula is C35H31F2N3O8S. The molecule has 2 aromatic heterocycles. The second-order valence-corrected chi connectivity index (χ2v) is 13.0. The van der Waals surface area contributed by atoms with Crippen molar-refractivity contribution in [2.24, 2.45) is 0 Å². The second kappa shape index (κ2) is 13.7. The minimum atomic E-state index is -4.08. The number of nitrogens with one attached hydrogen (secondary N) is 2. The third-order valence-electron chi connectivity index (χ3n) is 7.95. The number of furan rings is 1. The summed E-state index contributed by atoms with van der Waals surface area (Å²) in [4.78, 5) is 17.6. The van der Waals surface area contributed by atoms with Gasteiger partial charge in [0.1, 0.15) is 28.4 Å². The zero-order valence-corrected chi connectivity index (χ0v) is 27.1. The molecule has 0 spiro atoms. The third-order valence-corrected chi connectivity index (χ3v) is 9.25. The molecule has 0 saturated heterocycles. The van der Waals surface area contributed by atoms with Crippen molar-refractivity contribution in [2.45, 2.75) is 18.9 Å². The van der Waals surface area contributed by atoms with Crippen LogP contribution in [0.15, 0.2) is 81.6 Å². The van der Waals surface area contributed by atoms with Crippen molar-refractivity contribution in [2.75, 3.05) is 31.2 Å². The van der Waals surface area contributed by atoms with Crippen molar-refractivity contribution in [3.63, 3.8) is 0 Å². The van der Waals surface area contributed by atoms with Crippen LogP contribution in [0, 0.1) is 11.6 Å². The summed E-state index contributed by atoms with van der Waals surface area (Å²) in [5.41, 5.74) is 2.09. The lowest BCUT2D eigenvalue weighted by molar-refractivity contribution is 0.0964. The van der Waals surface area contributed by atoms with Crippen molar-refractivity contribution in [3.8, 4) is 39.7 Å². The Labute approximate surface area is 279 Å². The number of aliphatic hydroxyl groups is 2. The quantitative estimate of drug-likeness (QED) is 0.119. The standard InChI is InChI=1S/C35H31F2N3O8S/c1-38-34(43)31-24-17-23(20-8-11-28(46-2)25(16-20)35-39-32-26(37)4-3-5-29(32)48-35)27(40-49(44,45)15-13-22(42)12-14-41)18-30(24)47-33(31)19-6-9-21(36)10-7-19/h3-11,16-18,22,40-42H,12-15H2,1-2H3,(H,38,43). The number of halogens is 2. The number of aromatic nitrogens is 1. The molecule has 0 aliphatic heterocycles. The molecule has 4 aromatic carbocycles. The molecule has 2 heterocycles. The number of amides is 1. The SMILES string of the molecule is CNC(=O)c1c(-c2ccc(F)cc2)oc2cc(NS(=O)(=O)CCC(O)CCO)c(-c3ccc(OC)c(-c4nc5c(F)cccc5o4)c3)cc12. The number of rotatable bonds is 12. The first kappa shape index (κ1) is 33.6. The molecule has 254 valence electrons. The normalized spacial score (nSPS) is 12.4. The number of carbonyl (C=O) groups excluding carboxylic acids is 1. The first-order valence-corrected chi connectivity index (χ1v) is 16.8. The first-order valence-electron chi connectivity index (χ1n) is 15.1. The van der Waals surface area contributed by atoms with Crippen molar-refractivity contribution < 1.29 is 45.8 Å². The number of hydrogen-bond donors (Lipinski definition) is 4. The largest absolute Gasteiger partial charge is 0.496 e. The van der Waals surface area contributed by atoms with Gasteiger partial charge in [0, 0.05) is 36.2 Å². The highest BCUT2D eigenvalue weighted by Crippen LogP contribution is 2.42. The zero-order valence-electron chi connectivity index (χ0n) is 26.3. The predicted octanol–water partition coefficient (Wildman–Crippen LogP) is 6.10. The van der Waals surface area contributed by atoms with Crippen molar-refractivity contribution in [3.05, 3.63) is 90.0 Å². The van der Waals surface area contributed by atoms with Gasteiger partial charge in [0.15, 0.2) is 11.4 Å². The monoisotopic (exact) mass is 691 g/mol. The molecule has 6 rings (SSSR count). The molecule has 1 atom stereocenters. The molecule has 11 nitrogen and oxygen atoms in total. The van der Waals surface area contributed by atoms with Crippen LogP contribution in [0.4, 0.5) is 14.5 Å². The Bertz CT molecular complexity index is 2280. The van der Waals surface area contributed by atoms with Crippen molar-refractivity contribution >= 4 is 43.7 Å². The number of carbonyl (C=O) groups is 1. The molecule has 0 aliphatic rings. The number of oxazole rings is 1. The van der Waals surface area contributed by atoms with Gasteiger partial charge < -0.3 is 29.1 Å². The average Bonchev–Trinajstić information content (AvgIpc) is 3.69. The van der Waals surface area contributed by atoms with Crippen molar-refractivity contribution in [1.29, 1.82) is 0 Å². The fraction of sp³-hybridized carbons (Fsp3) is 0.200. The molecule has 6 aromatic rings. The number of aliphatic hydroxyl groups excluding tert-OH is 2. The van der Waals surface area contributed by atoms with E-state index < -0.39 is 39.4 Å². The number of ether oxygens (including phenoxy) is 1. The molecule has 14 heteroatoms. The lowest BCUT2D eigenvalue weighted by Crippen LogP contribution is -2.21. The Morgan fingerprint density at radius 1 is 0.959 bits per heavy atom. The molecule has 0 aliphatic carbocycles. The molecule has 0 saturated carbocycles. The molecular weight excluding hydrogens is 660 g/mol. The van der Waals surface area contributed by atoms with Gasteiger partial charge in [-0.05, 0) is 73.0 Å². The van der Waals surface area contributed by atoms with Crippen LogP contribution in [0.5, 0.6) is 5.75 Å². The lowest BCUT2D eigenvalue weighted by Gasteiger charge is -2.16. The minimum Gasteiger partial charge on any atom is -0.496 e. The van der Waals surface area contributed by atoms with Gasteiger partial charge in [0.25, 0.3) is 5.91 Å². The summed E-state index contributed by atoms with van der Waals surface area (Å²) in [5, 5.41) is 22.1. The summed E-state index contributed by atoms with van der Waals surface area (Å²) >= 11 is 0. The lowest BCUT2D eigenvalue weighted by atomic mass is 9.97. The number of para-hydroxylation sites is 1. The smallest absolute Gasteiger partial charge is 0.255 e. The maximum absolute atomic E-state index is 14.5. The second-order valence-electron chi connectivity index (χ2n) is 11.2. The summed E-state index contributed by atoms with van der Waals surface area (Å²) in [6.45, 7) is -0.301. The Morgan fingerprint density at radius 3 is 2.41 bits per heavy atom. The molecule has 0 bridgehead atoms. The van der Waals surface area contributed by atoms with Gasteiger partial charge in [-0.25, -0.2) is 22.2 Å². The van der Waals surface area contributed by atoms with Gasteiger partial charge in [-0.2, -0.15) is 0 Å². The van der Waals surface area contributed by atoms with E-state index >= 15 is 0 Å². The van der Waals surface area contributed by atoms with Crippen LogP contribution >= 0.6 is 0 Å². The van der Waals surface area contributed by atoms with Crippen molar-refractivity contribution in [1.82, 2.24) is 10.3 Å². The third kappa shape index (κ3) is 6.84. The summed E-state index contributed by atoms with van der Waals surface area (Å²) in [6, 6.07) is 17.6. The molecule has 1 amide bonds. The van der Waals surface area contributed by atoms with E-state index in [1.807, 2.05) is 0 Å². The van der Waals surface area contributed by atoms with E-state index in [0.717, 1.165) is 0 Å². The van der Waals surface area contributed by atoms with Crippen LogP contribution in [-0.2, 0) is 10.0 Å². The van der Waals surface area contributed by atoms with Gasteiger partial charge >= 0.3 is 0 Å². The van der Waals surface area contributed by atoms with Crippen LogP contribution in [-0.4, -0.2) is 62.1 Å². The van der Waals surface area contributed by atoms with Crippen LogP contribution in [0.2, 0.25) is 0 Å². The summed E-state index contributed by atoms with van der Waals surface area (Å²) in [5.74, 6) is -1.50. The number of hydrogen-bond acceptors (Lipinski definition) is 9. The van der Waals surface area contributed by atoms with E-state index in [1.165, 1.54) is 56.6 Å². The Balaban J connectivity index is 1.56. The number of benzene rings is 4. The Morgan fingerprint density at radius 2 is 1.71 bits per heavy atom. The average molecular weight is 692 g/mol. The molecule has 0 radical (unpaired) electrons. The fourth-order valence-corrected chi connectivity index (χ4v) is 6.69. The van der Waals surface area contributed by atoms with Gasteiger partial charge in [-0.1, -0.05) is 12.1 Å². The predicted molar refractivity (Wildman–Crippen MR) is 180 cm³/mol. The molecule has 4 N–H and O–H groups in total. The zero-order chi connectivity index (χ0) is 34.9. The number of anilines is 1. The Kier molecular flexibility index (Phi) is 9.37. The van der Waals surface area contributed by atoms with E-state index in [1.54, 1.807) is 30.3 Å². The highest BCUT2D eigenvalue weighted by atomic mass is 32.2. The van der Waals surface area contributed by atoms with Gasteiger partial charge in [0.05, 0.1) is 35.8 Å². The van der Waals surface area contributed by atoms with E-state index in [2.05, 4.69) is 15.0 Å². The van der Waals surface area contributed by atoms with Gasteiger partial charge in [-0.3, -0.25) is 9.52 Å². The van der Waals surface area contributed by atoms with Crippen LogP contribution in [0.1, 0.15) is 23.2 Å². The summed E-state index contributed by atoms with van der Waals surface area (Å²) in [6.07, 6.45) is -1.15. The van der Waals surface area contributed by atoms with E-state index in [-0.39, 0.29) is 59.0 Å². The molecule has 1 unspecified atom stereocenters. The molecule has 49 heavy (non-hydrogen) atoms. The first-order chi connectivity index (χ1) is 23.5. The fourth-order valence-electron chi connectivity index (χ4n) is 5.50. The number of sulfonamides is 1. The van der Waals surface area contributed by atoms with Crippen LogP contribution in [0.3, 0.4) is 0 Å². The minimum absolute atomic E-state index is 0.0158. The number of methoxy groups -OCH3 is 1. The van der Waals surface area contributed by atoms with Crippen LogP contribution < -0.4 is 14.8 Å². The molecule has 0 fully saturated rings. The van der Waals surface area contributed by atoms with E-state index in [4.69, 9.17) is 18.7 Å². The highest BCUT2D eigenvalue weighted by molar-refractivity contribution is 7.92. The Hall–Kier alpha value is -5.31. The summed E-state index contributed by atoms with van der Waals surface area (Å²) < 4.78 is 75.1. The van der Waals surface area contributed by atoms with Gasteiger partial charge in [-0.15, -0.1) is 0 Å². The maximum Gasteiger partial charge on any atom is 0.255 e. The maximum atomic E-state index is 14.5. The topological polar surface area (TPSA) is 164 Å². The van der Waals surface area contributed by atoms with E-state index in [0.29, 0.717) is 33.4 Å². The number of fused-ring (bicyclic) bond motifs is 2. The summed E-state index contributed by atoms with van der Waals surface area (Å²) in [7, 11) is -1.19. The van der Waals surface area contributed by atoms with Gasteiger partial charge in [0.2, 0.25) is 15.9 Å². The highest BCUT2D eigenvalue weighted by Gasteiger charge is 2.26. The number of nitrogens with zero attached hydrogens (tertiary/aromatic N) is 1. The van der Waals surface area contributed by atoms with Crippen LogP contribution in [0.25, 0.3) is 56.0 Å². The van der Waals surface area contributed by atoms with E-state index in [9.17, 15) is 27.1 Å².